The van der Waals surface area contributed by atoms with Gasteiger partial charge >= 0.3 is 0 Å². The summed E-state index contributed by atoms with van der Waals surface area (Å²) in [5.74, 6) is -0.350. The summed E-state index contributed by atoms with van der Waals surface area (Å²) in [5, 5.41) is 2.77. The van der Waals surface area contributed by atoms with Crippen molar-refractivity contribution < 1.29 is 9.59 Å². The van der Waals surface area contributed by atoms with Gasteiger partial charge in [-0.15, -0.1) is 0 Å². The van der Waals surface area contributed by atoms with Gasteiger partial charge in [0, 0.05) is 42.6 Å². The van der Waals surface area contributed by atoms with Crippen molar-refractivity contribution in [3.8, 4) is 0 Å². The second-order valence-corrected chi connectivity index (χ2v) is 6.80. The van der Waals surface area contributed by atoms with Gasteiger partial charge in [-0.25, -0.2) is 0 Å². The zero-order valence-electron chi connectivity index (χ0n) is 15.8. The second-order valence-electron chi connectivity index (χ2n) is 6.80. The lowest BCUT2D eigenvalue weighted by Crippen LogP contribution is -2.42. The molecule has 1 N–H and O–H groups in total. The minimum atomic E-state index is -0.314. The van der Waals surface area contributed by atoms with Crippen LogP contribution in [0.15, 0.2) is 47.4 Å². The Labute approximate surface area is 153 Å². The molecule has 0 aliphatic heterocycles. The number of aryl methyl sites for hydroxylation is 1. The minimum absolute atomic E-state index is 0.0362. The van der Waals surface area contributed by atoms with Gasteiger partial charge in [0.25, 0.3) is 11.8 Å². The maximum atomic E-state index is 12.7. The molecule has 138 valence electrons. The Hall–Kier alpha value is -2.89. The largest absolute Gasteiger partial charge is 0.334 e. The standard InChI is InChI=1S/C20H25N3O3/c1-13(2)23(14(3)4)20(26)15-6-9-17(10-7-15)21-19(25)16-8-11-18(24)22(5)12-16/h6-14H,1-5H3,(H,21,25). The van der Waals surface area contributed by atoms with Gasteiger partial charge in [0.15, 0.2) is 0 Å². The maximum absolute atomic E-state index is 12.7. The van der Waals surface area contributed by atoms with E-state index in [2.05, 4.69) is 5.32 Å². The number of carbonyl (C=O) groups excluding carboxylic acids is 2. The first-order valence-electron chi connectivity index (χ1n) is 8.61. The zero-order valence-corrected chi connectivity index (χ0v) is 15.8. The number of hydrogen-bond acceptors (Lipinski definition) is 3. The number of pyridine rings is 1. The summed E-state index contributed by atoms with van der Waals surface area (Å²) in [6.45, 7) is 7.94. The maximum Gasteiger partial charge on any atom is 0.257 e. The summed E-state index contributed by atoms with van der Waals surface area (Å²) in [6, 6.07) is 9.85. The van der Waals surface area contributed by atoms with Crippen molar-refractivity contribution in [1.82, 2.24) is 9.47 Å². The number of nitrogens with one attached hydrogen (secondary N) is 1. The first-order chi connectivity index (χ1) is 12.2. The molecule has 0 radical (unpaired) electrons. The van der Waals surface area contributed by atoms with Gasteiger partial charge in [-0.2, -0.15) is 0 Å². The van der Waals surface area contributed by atoms with Gasteiger partial charge in [0.1, 0.15) is 0 Å². The van der Waals surface area contributed by atoms with Crippen LogP contribution in [0.25, 0.3) is 0 Å². The van der Waals surface area contributed by atoms with Crippen molar-refractivity contribution in [2.45, 2.75) is 39.8 Å². The summed E-state index contributed by atoms with van der Waals surface area (Å²) >= 11 is 0. The van der Waals surface area contributed by atoms with E-state index in [-0.39, 0.29) is 29.5 Å². The molecule has 1 aromatic heterocycles. The van der Waals surface area contributed by atoms with Crippen LogP contribution in [-0.4, -0.2) is 33.4 Å². The first-order valence-corrected chi connectivity index (χ1v) is 8.61. The molecule has 0 atom stereocenters. The van der Waals surface area contributed by atoms with Crippen molar-refractivity contribution in [1.29, 1.82) is 0 Å². The number of carbonyl (C=O) groups is 2. The molecule has 6 heteroatoms. The third-order valence-electron chi connectivity index (χ3n) is 4.08. The molecule has 2 amide bonds. The lowest BCUT2D eigenvalue weighted by Gasteiger charge is -2.30. The Bertz CT molecular complexity index is 843. The van der Waals surface area contributed by atoms with E-state index in [0.29, 0.717) is 16.8 Å². The molecular formula is C20H25N3O3. The van der Waals surface area contributed by atoms with Crippen molar-refractivity contribution in [3.63, 3.8) is 0 Å². The predicted molar refractivity (Wildman–Crippen MR) is 103 cm³/mol. The van der Waals surface area contributed by atoms with Crippen LogP contribution in [0.3, 0.4) is 0 Å². The van der Waals surface area contributed by atoms with E-state index < -0.39 is 0 Å². The molecule has 0 saturated heterocycles. The highest BCUT2D eigenvalue weighted by Gasteiger charge is 2.21. The van der Waals surface area contributed by atoms with E-state index in [0.717, 1.165) is 0 Å². The van der Waals surface area contributed by atoms with Crippen LogP contribution in [0.2, 0.25) is 0 Å². The van der Waals surface area contributed by atoms with Gasteiger partial charge in [0.2, 0.25) is 5.56 Å². The highest BCUT2D eigenvalue weighted by molar-refractivity contribution is 6.04. The van der Waals surface area contributed by atoms with Crippen molar-refractivity contribution in [2.24, 2.45) is 7.05 Å². The fraction of sp³-hybridized carbons (Fsp3) is 0.350. The molecule has 0 saturated carbocycles. The average molecular weight is 355 g/mol. The molecule has 0 bridgehead atoms. The molecule has 1 heterocycles. The smallest absolute Gasteiger partial charge is 0.257 e. The number of aromatic nitrogens is 1. The second kappa shape index (κ2) is 7.99. The predicted octanol–water partition coefficient (Wildman–Crippen LogP) is 2.90. The molecule has 0 spiro atoms. The Balaban J connectivity index is 2.14. The third-order valence-corrected chi connectivity index (χ3v) is 4.08. The van der Waals surface area contributed by atoms with Crippen LogP contribution >= 0.6 is 0 Å². The molecule has 2 rings (SSSR count). The van der Waals surface area contributed by atoms with E-state index in [1.165, 1.54) is 22.9 Å². The number of hydrogen-bond donors (Lipinski definition) is 1. The number of amides is 2. The Kier molecular flexibility index (Phi) is 5.97. The van der Waals surface area contributed by atoms with Crippen LogP contribution in [0.5, 0.6) is 0 Å². The van der Waals surface area contributed by atoms with Crippen LogP contribution < -0.4 is 10.9 Å². The summed E-state index contributed by atoms with van der Waals surface area (Å²) in [5.41, 5.74) is 1.37. The first kappa shape index (κ1) is 19.4. The molecule has 0 aliphatic rings. The van der Waals surface area contributed by atoms with Crippen molar-refractivity contribution >= 4 is 17.5 Å². The number of benzene rings is 1. The zero-order chi connectivity index (χ0) is 19.4. The SMILES string of the molecule is CC(C)N(C(=O)c1ccc(NC(=O)c2ccc(=O)n(C)c2)cc1)C(C)C. The van der Waals surface area contributed by atoms with Crippen molar-refractivity contribution in [2.75, 3.05) is 5.32 Å². The van der Waals surface area contributed by atoms with Gasteiger partial charge in [0.05, 0.1) is 5.56 Å². The molecule has 0 aliphatic carbocycles. The van der Waals surface area contributed by atoms with Crippen LogP contribution in [0, 0.1) is 0 Å². The Morgan fingerprint density at radius 3 is 1.96 bits per heavy atom. The molecule has 6 nitrogen and oxygen atoms in total. The van der Waals surface area contributed by atoms with Crippen LogP contribution in [-0.2, 0) is 7.05 Å². The van der Waals surface area contributed by atoms with Gasteiger partial charge in [-0.05, 0) is 58.0 Å². The topological polar surface area (TPSA) is 71.4 Å². The highest BCUT2D eigenvalue weighted by Crippen LogP contribution is 2.16. The Morgan fingerprint density at radius 1 is 0.923 bits per heavy atom. The summed E-state index contributed by atoms with van der Waals surface area (Å²) in [6.07, 6.45) is 1.48. The summed E-state index contributed by atoms with van der Waals surface area (Å²) in [7, 11) is 1.59. The summed E-state index contributed by atoms with van der Waals surface area (Å²) in [4.78, 5) is 38.2. The lowest BCUT2D eigenvalue weighted by molar-refractivity contribution is 0.0643. The normalized spacial score (nSPS) is 10.9. The summed E-state index contributed by atoms with van der Waals surface area (Å²) < 4.78 is 1.35. The average Bonchev–Trinajstić information content (AvgIpc) is 2.57. The molecule has 0 fully saturated rings. The van der Waals surface area contributed by atoms with Gasteiger partial charge < -0.3 is 14.8 Å². The molecule has 1 aromatic carbocycles. The van der Waals surface area contributed by atoms with Gasteiger partial charge in [-0.3, -0.25) is 14.4 Å². The van der Waals surface area contributed by atoms with E-state index in [9.17, 15) is 14.4 Å². The lowest BCUT2D eigenvalue weighted by atomic mass is 10.1. The fourth-order valence-electron chi connectivity index (χ4n) is 2.84. The van der Waals surface area contributed by atoms with E-state index in [4.69, 9.17) is 0 Å². The molecule has 0 unspecified atom stereocenters. The van der Waals surface area contributed by atoms with Crippen molar-refractivity contribution in [3.05, 3.63) is 64.1 Å². The molecule has 2 aromatic rings. The highest BCUT2D eigenvalue weighted by atomic mass is 16.2. The monoisotopic (exact) mass is 355 g/mol. The van der Waals surface area contributed by atoms with E-state index in [1.807, 2.05) is 32.6 Å². The van der Waals surface area contributed by atoms with E-state index >= 15 is 0 Å². The number of nitrogens with zero attached hydrogens (tertiary/aromatic N) is 2. The fourth-order valence-corrected chi connectivity index (χ4v) is 2.84. The molecular weight excluding hydrogens is 330 g/mol. The van der Waals surface area contributed by atoms with Crippen LogP contribution in [0.4, 0.5) is 5.69 Å². The number of anilines is 1. The molecule has 26 heavy (non-hydrogen) atoms. The van der Waals surface area contributed by atoms with Gasteiger partial charge in [-0.1, -0.05) is 0 Å². The van der Waals surface area contributed by atoms with E-state index in [1.54, 1.807) is 31.3 Å². The quantitative estimate of drug-likeness (QED) is 0.896. The number of rotatable bonds is 5. The minimum Gasteiger partial charge on any atom is -0.334 e. The third kappa shape index (κ3) is 4.39. The van der Waals surface area contributed by atoms with Crippen LogP contribution in [0.1, 0.15) is 48.4 Å². The Morgan fingerprint density at radius 2 is 1.46 bits per heavy atom.